The van der Waals surface area contributed by atoms with Gasteiger partial charge in [-0.2, -0.15) is 5.10 Å². The van der Waals surface area contributed by atoms with Crippen LogP contribution in [0.1, 0.15) is 28.5 Å². The number of thiazole rings is 1. The number of hydrazone groups is 1. The van der Waals surface area contributed by atoms with Crippen molar-refractivity contribution in [1.29, 1.82) is 0 Å². The van der Waals surface area contributed by atoms with Crippen LogP contribution in [0.25, 0.3) is 0 Å². The molecule has 7 nitrogen and oxygen atoms in total. The van der Waals surface area contributed by atoms with Crippen LogP contribution in [0.3, 0.4) is 0 Å². The van der Waals surface area contributed by atoms with Crippen molar-refractivity contribution in [3.63, 3.8) is 0 Å². The standard InChI is InChI=1S/C15H14BrN3O4S/c1-2-23-13(20)6-11-8-24-15(18-11)19-17-7-10-5-9(14(21)22)3-4-12(10)16/h3-5,7-8H,2,6H2,1H3,(H,18,19)(H,21,22). The number of carbonyl (C=O) groups is 2. The third-order valence-corrected chi connectivity index (χ3v) is 4.31. The number of carbonyl (C=O) groups excluding carboxylic acids is 1. The first-order valence-corrected chi connectivity index (χ1v) is 8.58. The maximum Gasteiger partial charge on any atom is 0.335 e. The fourth-order valence-electron chi connectivity index (χ4n) is 1.73. The predicted octanol–water partition coefficient (Wildman–Crippen LogP) is 3.16. The Kier molecular flexibility index (Phi) is 6.44. The molecule has 0 amide bonds. The number of esters is 1. The molecule has 126 valence electrons. The van der Waals surface area contributed by atoms with Gasteiger partial charge in [0.25, 0.3) is 0 Å². The molecule has 0 fully saturated rings. The average Bonchev–Trinajstić information content (AvgIpc) is 2.96. The molecule has 0 atom stereocenters. The summed E-state index contributed by atoms with van der Waals surface area (Å²) in [6.07, 6.45) is 1.60. The predicted molar refractivity (Wildman–Crippen MR) is 94.8 cm³/mol. The van der Waals surface area contributed by atoms with Gasteiger partial charge < -0.3 is 9.84 Å². The maximum absolute atomic E-state index is 11.4. The molecule has 0 saturated carbocycles. The van der Waals surface area contributed by atoms with Gasteiger partial charge in [-0.15, -0.1) is 11.3 Å². The van der Waals surface area contributed by atoms with Gasteiger partial charge in [0, 0.05) is 15.4 Å². The van der Waals surface area contributed by atoms with E-state index in [4.69, 9.17) is 9.84 Å². The molecule has 2 N–H and O–H groups in total. The van der Waals surface area contributed by atoms with E-state index in [0.717, 1.165) is 4.47 Å². The van der Waals surface area contributed by atoms with Crippen molar-refractivity contribution < 1.29 is 19.4 Å². The van der Waals surface area contributed by atoms with Crippen LogP contribution in [0.2, 0.25) is 0 Å². The highest BCUT2D eigenvalue weighted by Crippen LogP contribution is 2.18. The van der Waals surface area contributed by atoms with Gasteiger partial charge in [-0.1, -0.05) is 15.9 Å². The molecular weight excluding hydrogens is 398 g/mol. The zero-order valence-electron chi connectivity index (χ0n) is 12.7. The number of hydrogen-bond donors (Lipinski definition) is 2. The fraction of sp³-hybridized carbons (Fsp3) is 0.200. The van der Waals surface area contributed by atoms with Gasteiger partial charge in [0.05, 0.1) is 30.5 Å². The number of aromatic nitrogens is 1. The van der Waals surface area contributed by atoms with E-state index in [1.807, 2.05) is 0 Å². The molecule has 0 spiro atoms. The van der Waals surface area contributed by atoms with E-state index in [1.165, 1.54) is 29.7 Å². The van der Waals surface area contributed by atoms with Crippen LogP contribution in [0, 0.1) is 0 Å². The number of benzene rings is 1. The Morgan fingerprint density at radius 3 is 3.00 bits per heavy atom. The first kappa shape index (κ1) is 18.1. The summed E-state index contributed by atoms with van der Waals surface area (Å²) >= 11 is 4.64. The minimum Gasteiger partial charge on any atom is -0.478 e. The van der Waals surface area contributed by atoms with Gasteiger partial charge in [-0.25, -0.2) is 9.78 Å². The van der Waals surface area contributed by atoms with Gasteiger partial charge in [-0.05, 0) is 25.1 Å². The summed E-state index contributed by atoms with van der Waals surface area (Å²) in [5.74, 6) is -1.33. The van der Waals surface area contributed by atoms with Crippen LogP contribution in [0.4, 0.5) is 5.13 Å². The first-order valence-electron chi connectivity index (χ1n) is 6.91. The smallest absolute Gasteiger partial charge is 0.335 e. The summed E-state index contributed by atoms with van der Waals surface area (Å²) < 4.78 is 5.58. The lowest BCUT2D eigenvalue weighted by atomic mass is 10.1. The van der Waals surface area contributed by atoms with Gasteiger partial charge >= 0.3 is 11.9 Å². The zero-order valence-corrected chi connectivity index (χ0v) is 15.1. The Balaban J connectivity index is 1.99. The second kappa shape index (κ2) is 8.55. The number of nitrogens with one attached hydrogen (secondary N) is 1. The van der Waals surface area contributed by atoms with E-state index in [-0.39, 0.29) is 18.0 Å². The van der Waals surface area contributed by atoms with Gasteiger partial charge in [0.2, 0.25) is 5.13 Å². The molecule has 0 aliphatic heterocycles. The van der Waals surface area contributed by atoms with E-state index in [0.29, 0.717) is 23.0 Å². The van der Waals surface area contributed by atoms with Crippen molar-refractivity contribution in [2.24, 2.45) is 5.10 Å². The van der Waals surface area contributed by atoms with Crippen LogP contribution < -0.4 is 5.43 Å². The Morgan fingerprint density at radius 2 is 2.29 bits per heavy atom. The Labute approximate surface area is 150 Å². The molecule has 0 bridgehead atoms. The minimum absolute atomic E-state index is 0.113. The zero-order chi connectivity index (χ0) is 17.5. The molecule has 0 unspecified atom stereocenters. The van der Waals surface area contributed by atoms with Crippen molar-refractivity contribution in [3.05, 3.63) is 44.9 Å². The largest absolute Gasteiger partial charge is 0.478 e. The second-order valence-electron chi connectivity index (χ2n) is 4.54. The summed E-state index contributed by atoms with van der Waals surface area (Å²) in [5.41, 5.74) is 4.14. The van der Waals surface area contributed by atoms with Crippen LogP contribution in [0.15, 0.2) is 33.2 Å². The Bertz CT molecular complexity index is 776. The highest BCUT2D eigenvalue weighted by molar-refractivity contribution is 9.10. The molecule has 2 rings (SSSR count). The topological polar surface area (TPSA) is 101 Å². The molecule has 1 aromatic carbocycles. The fourth-order valence-corrected chi connectivity index (χ4v) is 2.74. The number of halogens is 1. The number of anilines is 1. The van der Waals surface area contributed by atoms with Crippen LogP contribution in [-0.2, 0) is 16.0 Å². The lowest BCUT2D eigenvalue weighted by Crippen LogP contribution is -2.07. The molecular formula is C15H14BrN3O4S. The summed E-state index contributed by atoms with van der Waals surface area (Å²) in [5, 5.41) is 15.3. The summed E-state index contributed by atoms with van der Waals surface area (Å²) in [6, 6.07) is 4.65. The van der Waals surface area contributed by atoms with Gasteiger partial charge in [0.15, 0.2) is 0 Å². The molecule has 9 heteroatoms. The third-order valence-electron chi connectivity index (χ3n) is 2.79. The van der Waals surface area contributed by atoms with Gasteiger partial charge in [-0.3, -0.25) is 10.2 Å². The van der Waals surface area contributed by atoms with Crippen LogP contribution in [0.5, 0.6) is 0 Å². The molecule has 1 aromatic heterocycles. The van der Waals surface area contributed by atoms with Crippen molar-refractivity contribution in [3.8, 4) is 0 Å². The van der Waals surface area contributed by atoms with E-state index in [9.17, 15) is 9.59 Å². The van der Waals surface area contributed by atoms with E-state index in [2.05, 4.69) is 31.4 Å². The van der Waals surface area contributed by atoms with Crippen molar-refractivity contribution in [2.75, 3.05) is 12.0 Å². The van der Waals surface area contributed by atoms with Crippen LogP contribution in [-0.4, -0.2) is 34.9 Å². The molecule has 1 heterocycles. The highest BCUT2D eigenvalue weighted by Gasteiger charge is 2.08. The van der Waals surface area contributed by atoms with E-state index in [1.54, 1.807) is 18.4 Å². The molecule has 0 radical (unpaired) electrons. The summed E-state index contributed by atoms with van der Waals surface area (Å²) in [6.45, 7) is 2.08. The normalized spacial score (nSPS) is 10.8. The molecule has 0 saturated heterocycles. The van der Waals surface area contributed by atoms with Crippen molar-refractivity contribution in [1.82, 2.24) is 4.98 Å². The Morgan fingerprint density at radius 1 is 1.50 bits per heavy atom. The molecule has 24 heavy (non-hydrogen) atoms. The SMILES string of the molecule is CCOC(=O)Cc1csc(NN=Cc2cc(C(=O)O)ccc2Br)n1. The maximum atomic E-state index is 11.4. The second-order valence-corrected chi connectivity index (χ2v) is 6.25. The minimum atomic E-state index is -1.01. The monoisotopic (exact) mass is 411 g/mol. The number of aromatic carboxylic acids is 1. The van der Waals surface area contributed by atoms with Crippen LogP contribution >= 0.6 is 27.3 Å². The van der Waals surface area contributed by atoms with E-state index >= 15 is 0 Å². The Hall–Kier alpha value is -2.26. The molecule has 0 aliphatic carbocycles. The number of carboxylic acids is 1. The number of nitrogens with zero attached hydrogens (tertiary/aromatic N) is 2. The number of ether oxygens (including phenoxy) is 1. The van der Waals surface area contributed by atoms with Crippen molar-refractivity contribution >= 4 is 50.6 Å². The van der Waals surface area contributed by atoms with Gasteiger partial charge in [0.1, 0.15) is 0 Å². The summed E-state index contributed by atoms with van der Waals surface area (Å²) in [4.78, 5) is 26.6. The molecule has 2 aromatic rings. The van der Waals surface area contributed by atoms with Crippen molar-refractivity contribution in [2.45, 2.75) is 13.3 Å². The third kappa shape index (κ3) is 5.14. The highest BCUT2D eigenvalue weighted by atomic mass is 79.9. The average molecular weight is 412 g/mol. The van der Waals surface area contributed by atoms with E-state index < -0.39 is 5.97 Å². The lowest BCUT2D eigenvalue weighted by molar-refractivity contribution is -0.142. The number of carboxylic acid groups (broad SMARTS) is 1. The summed E-state index contributed by atoms with van der Waals surface area (Å²) in [7, 11) is 0. The number of rotatable bonds is 7. The quantitative estimate of drug-likeness (QED) is 0.412. The first-order chi connectivity index (χ1) is 11.5. The molecule has 0 aliphatic rings. The number of hydrogen-bond acceptors (Lipinski definition) is 7. The lowest BCUT2D eigenvalue weighted by Gasteiger charge is -2.00.